The summed E-state index contributed by atoms with van der Waals surface area (Å²) in [5.41, 5.74) is 0.862. The molecular weight excluding hydrogens is 314 g/mol. The summed E-state index contributed by atoms with van der Waals surface area (Å²) >= 11 is 5.08. The molecule has 1 atom stereocenters. The van der Waals surface area contributed by atoms with Crippen LogP contribution in [0.1, 0.15) is 6.42 Å². The van der Waals surface area contributed by atoms with Crippen LogP contribution in [-0.4, -0.2) is 27.2 Å². The highest BCUT2D eigenvalue weighted by atomic mass is 79.9. The van der Waals surface area contributed by atoms with Crippen LogP contribution in [0.5, 0.6) is 0 Å². The van der Waals surface area contributed by atoms with Crippen molar-refractivity contribution < 1.29 is 4.79 Å². The van der Waals surface area contributed by atoms with Gasteiger partial charge in [0.25, 0.3) is 0 Å². The molecule has 92 valence electrons. The number of hydrogen-bond donors (Lipinski definition) is 0. The lowest BCUT2D eigenvalue weighted by Gasteiger charge is -2.13. The van der Waals surface area contributed by atoms with E-state index in [4.69, 9.17) is 0 Å². The summed E-state index contributed by atoms with van der Waals surface area (Å²) < 4.78 is 0. The molecule has 1 aliphatic heterocycles. The van der Waals surface area contributed by atoms with Crippen LogP contribution in [0.2, 0.25) is 0 Å². The van der Waals surface area contributed by atoms with Gasteiger partial charge < -0.3 is 0 Å². The number of aromatic nitrogens is 2. The molecule has 0 saturated carbocycles. The summed E-state index contributed by atoms with van der Waals surface area (Å²) in [6.45, 7) is 0.632. The highest BCUT2D eigenvalue weighted by Gasteiger charge is 2.30. The molecule has 6 heteroatoms. The summed E-state index contributed by atoms with van der Waals surface area (Å²) in [6, 6.07) is 5.86. The number of carbonyl (C=O) groups is 1. The smallest absolute Gasteiger partial charge is 0.232 e. The Balaban J connectivity index is 1.94. The van der Waals surface area contributed by atoms with Crippen molar-refractivity contribution in [2.24, 2.45) is 0 Å². The van der Waals surface area contributed by atoms with Gasteiger partial charge in [-0.25, -0.2) is 9.97 Å². The molecule has 1 aliphatic rings. The Morgan fingerprint density at radius 3 is 3.00 bits per heavy atom. The van der Waals surface area contributed by atoms with E-state index in [1.807, 2.05) is 23.6 Å². The van der Waals surface area contributed by atoms with Gasteiger partial charge in [-0.15, -0.1) is 11.3 Å². The van der Waals surface area contributed by atoms with Crippen LogP contribution >= 0.6 is 27.3 Å². The zero-order valence-corrected chi connectivity index (χ0v) is 11.8. The summed E-state index contributed by atoms with van der Waals surface area (Å²) in [5.74, 6) is 0.563. The molecule has 4 nitrogen and oxygen atoms in total. The Morgan fingerprint density at radius 1 is 1.44 bits per heavy atom. The van der Waals surface area contributed by atoms with Gasteiger partial charge in [-0.3, -0.25) is 9.69 Å². The van der Waals surface area contributed by atoms with Crippen LogP contribution in [0.15, 0.2) is 29.8 Å². The number of amides is 1. The van der Waals surface area contributed by atoms with Gasteiger partial charge in [-0.2, -0.15) is 0 Å². The molecule has 1 unspecified atom stereocenters. The number of nitrogens with zero attached hydrogens (tertiary/aromatic N) is 3. The number of anilines is 1. The monoisotopic (exact) mass is 323 g/mol. The van der Waals surface area contributed by atoms with Crippen LogP contribution in [0.25, 0.3) is 10.6 Å². The SMILES string of the molecule is O=C1CC(Br)CN1c1nccc(-c2cccs2)n1. The van der Waals surface area contributed by atoms with Gasteiger partial charge in [0.1, 0.15) is 0 Å². The summed E-state index contributed by atoms with van der Waals surface area (Å²) in [7, 11) is 0. The molecule has 0 aromatic carbocycles. The molecule has 1 fully saturated rings. The first-order chi connectivity index (χ1) is 8.74. The lowest BCUT2D eigenvalue weighted by atomic mass is 10.3. The molecule has 18 heavy (non-hydrogen) atoms. The van der Waals surface area contributed by atoms with Crippen molar-refractivity contribution in [2.75, 3.05) is 11.4 Å². The van der Waals surface area contributed by atoms with Crippen molar-refractivity contribution in [1.29, 1.82) is 0 Å². The second-order valence-electron chi connectivity index (χ2n) is 4.02. The molecule has 2 aromatic rings. The number of alkyl halides is 1. The first-order valence-corrected chi connectivity index (χ1v) is 7.35. The van der Waals surface area contributed by atoms with Gasteiger partial charge in [-0.1, -0.05) is 22.0 Å². The Morgan fingerprint density at radius 2 is 2.33 bits per heavy atom. The third kappa shape index (κ3) is 2.18. The fourth-order valence-electron chi connectivity index (χ4n) is 1.90. The third-order valence-electron chi connectivity index (χ3n) is 2.74. The molecule has 3 heterocycles. The van der Waals surface area contributed by atoms with E-state index in [0.717, 1.165) is 10.6 Å². The summed E-state index contributed by atoms with van der Waals surface area (Å²) in [6.07, 6.45) is 2.21. The van der Waals surface area contributed by atoms with Crippen molar-refractivity contribution in [1.82, 2.24) is 9.97 Å². The minimum atomic E-state index is 0.0696. The highest BCUT2D eigenvalue weighted by Crippen LogP contribution is 2.26. The van der Waals surface area contributed by atoms with E-state index in [2.05, 4.69) is 25.9 Å². The first-order valence-electron chi connectivity index (χ1n) is 5.55. The van der Waals surface area contributed by atoms with Gasteiger partial charge in [-0.05, 0) is 17.5 Å². The van der Waals surface area contributed by atoms with Gasteiger partial charge in [0.05, 0.1) is 10.6 Å². The van der Waals surface area contributed by atoms with Crippen molar-refractivity contribution in [2.45, 2.75) is 11.2 Å². The lowest BCUT2D eigenvalue weighted by Crippen LogP contribution is -2.26. The maximum atomic E-state index is 11.8. The zero-order chi connectivity index (χ0) is 12.5. The van der Waals surface area contributed by atoms with Crippen molar-refractivity contribution in [3.8, 4) is 10.6 Å². The van der Waals surface area contributed by atoms with Crippen LogP contribution in [-0.2, 0) is 4.79 Å². The predicted molar refractivity (Wildman–Crippen MR) is 75.0 cm³/mol. The molecule has 3 rings (SSSR count). The summed E-state index contributed by atoms with van der Waals surface area (Å²) in [4.78, 5) is 23.4. The Bertz CT molecular complexity index is 572. The van der Waals surface area contributed by atoms with Crippen LogP contribution in [0.4, 0.5) is 5.95 Å². The number of carbonyl (C=O) groups excluding carboxylic acids is 1. The topological polar surface area (TPSA) is 46.1 Å². The van der Waals surface area contributed by atoms with E-state index < -0.39 is 0 Å². The van der Waals surface area contributed by atoms with Gasteiger partial charge >= 0.3 is 0 Å². The quantitative estimate of drug-likeness (QED) is 0.798. The molecule has 1 amide bonds. The van der Waals surface area contributed by atoms with Gasteiger partial charge in [0.2, 0.25) is 11.9 Å². The highest BCUT2D eigenvalue weighted by molar-refractivity contribution is 9.09. The van der Waals surface area contributed by atoms with Gasteiger partial charge in [0, 0.05) is 24.0 Å². The van der Waals surface area contributed by atoms with Crippen molar-refractivity contribution in [3.05, 3.63) is 29.8 Å². The van der Waals surface area contributed by atoms with E-state index in [-0.39, 0.29) is 10.7 Å². The average Bonchev–Trinajstić information content (AvgIpc) is 2.99. The molecule has 2 aromatic heterocycles. The lowest BCUT2D eigenvalue weighted by molar-refractivity contribution is -0.117. The normalized spacial score (nSPS) is 19.5. The van der Waals surface area contributed by atoms with Crippen LogP contribution in [0, 0.1) is 0 Å². The molecule has 1 saturated heterocycles. The fraction of sp³-hybridized carbons (Fsp3) is 0.250. The number of thiophene rings is 1. The molecular formula is C12H10BrN3OS. The molecule has 0 radical (unpaired) electrons. The minimum Gasteiger partial charge on any atom is -0.280 e. The van der Waals surface area contributed by atoms with Crippen LogP contribution < -0.4 is 4.90 Å². The van der Waals surface area contributed by atoms with E-state index in [9.17, 15) is 4.79 Å². The second kappa shape index (κ2) is 4.78. The maximum Gasteiger partial charge on any atom is 0.232 e. The van der Waals surface area contributed by atoms with Gasteiger partial charge in [0.15, 0.2) is 0 Å². The average molecular weight is 324 g/mol. The van der Waals surface area contributed by atoms with Crippen molar-refractivity contribution >= 4 is 39.1 Å². The van der Waals surface area contributed by atoms with E-state index in [0.29, 0.717) is 18.9 Å². The molecule has 0 N–H and O–H groups in total. The van der Waals surface area contributed by atoms with Crippen molar-refractivity contribution in [3.63, 3.8) is 0 Å². The third-order valence-corrected chi connectivity index (χ3v) is 4.24. The number of halogens is 1. The molecule has 0 bridgehead atoms. The predicted octanol–water partition coefficient (Wildman–Crippen LogP) is 2.71. The Hall–Kier alpha value is -1.27. The number of rotatable bonds is 2. The molecule has 0 aliphatic carbocycles. The summed E-state index contributed by atoms with van der Waals surface area (Å²) in [5, 5.41) is 2.01. The largest absolute Gasteiger partial charge is 0.280 e. The Labute approximate surface area is 117 Å². The Kier molecular flexibility index (Phi) is 3.13. The maximum absolute atomic E-state index is 11.8. The fourth-order valence-corrected chi connectivity index (χ4v) is 3.16. The van der Waals surface area contributed by atoms with E-state index >= 15 is 0 Å². The first kappa shape index (κ1) is 11.8. The zero-order valence-electron chi connectivity index (χ0n) is 9.41. The molecule has 0 spiro atoms. The number of hydrogen-bond acceptors (Lipinski definition) is 4. The second-order valence-corrected chi connectivity index (χ2v) is 6.27. The minimum absolute atomic E-state index is 0.0696. The van der Waals surface area contributed by atoms with Crippen LogP contribution in [0.3, 0.4) is 0 Å². The standard InChI is InChI=1S/C12H10BrN3OS/c13-8-6-11(17)16(7-8)12-14-4-3-9(15-12)10-2-1-5-18-10/h1-5,8H,6-7H2. The van der Waals surface area contributed by atoms with E-state index in [1.165, 1.54) is 0 Å². The van der Waals surface area contributed by atoms with E-state index in [1.54, 1.807) is 22.4 Å².